The summed E-state index contributed by atoms with van der Waals surface area (Å²) in [6, 6.07) is 0. The van der Waals surface area contributed by atoms with Crippen LogP contribution in [0.4, 0.5) is 0 Å². The normalized spacial score (nSPS) is 19.8. The molecule has 0 aliphatic heterocycles. The fraction of sp³-hybridized carbons (Fsp3) is 1.00. The van der Waals surface area contributed by atoms with E-state index in [0.717, 1.165) is 31.8 Å². The molecule has 0 saturated heterocycles. The van der Waals surface area contributed by atoms with Crippen molar-refractivity contribution in [1.82, 2.24) is 0 Å². The third-order valence-corrected chi connectivity index (χ3v) is 16.6. The van der Waals surface area contributed by atoms with Crippen LogP contribution in [0.1, 0.15) is 47.0 Å². The highest BCUT2D eigenvalue weighted by molar-refractivity contribution is 8.00. The van der Waals surface area contributed by atoms with Gasteiger partial charge in [0.2, 0.25) is 0 Å². The summed E-state index contributed by atoms with van der Waals surface area (Å²) in [6.07, 6.45) is 7.79. The fourth-order valence-electron chi connectivity index (χ4n) is 3.09. The summed E-state index contributed by atoms with van der Waals surface area (Å²) in [7, 11) is -4.57. The molecule has 0 bridgehead atoms. The van der Waals surface area contributed by atoms with Crippen molar-refractivity contribution in [1.29, 1.82) is 0 Å². The lowest BCUT2D eigenvalue weighted by Crippen LogP contribution is -2.59. The van der Waals surface area contributed by atoms with Gasteiger partial charge in [-0.15, -0.1) is 0 Å². The molecular formula is C16H38O3S2Si2. The number of hydrogen-bond donors (Lipinski definition) is 0. The fourth-order valence-corrected chi connectivity index (χ4v) is 16.3. The Kier molecular flexibility index (Phi) is 12.9. The molecule has 0 fully saturated rings. The molecule has 0 aliphatic rings. The molecule has 0 rings (SSSR count). The average Bonchev–Trinajstić information content (AvgIpc) is 2.50. The number of rotatable bonds is 14. The predicted octanol–water partition coefficient (Wildman–Crippen LogP) is 5.43. The van der Waals surface area contributed by atoms with E-state index in [1.807, 2.05) is 23.5 Å². The molecule has 0 saturated carbocycles. The van der Waals surface area contributed by atoms with E-state index < -0.39 is 17.1 Å². The minimum atomic E-state index is -2.29. The van der Waals surface area contributed by atoms with Gasteiger partial charge in [-0.1, -0.05) is 26.7 Å². The second-order valence-corrected chi connectivity index (χ2v) is 15.4. The van der Waals surface area contributed by atoms with Crippen molar-refractivity contribution in [2.75, 3.05) is 31.5 Å². The van der Waals surface area contributed by atoms with Crippen LogP contribution in [0.25, 0.3) is 0 Å². The molecule has 4 atom stereocenters. The standard InChI is InChI=1S/C16H38O3S2Si2/c1-9-13-16(21-6)23(8,18-12-4)19-22(7,17-11-3)15(10-2)14-20-5/h15-16H,9-14H2,1-8H3. The van der Waals surface area contributed by atoms with Crippen LogP contribution in [0.5, 0.6) is 0 Å². The van der Waals surface area contributed by atoms with E-state index in [0.29, 0.717) is 10.4 Å². The van der Waals surface area contributed by atoms with Crippen LogP contribution in [0, 0.1) is 0 Å². The smallest absolute Gasteiger partial charge is 0.339 e. The molecular weight excluding hydrogens is 360 g/mol. The predicted molar refractivity (Wildman–Crippen MR) is 112 cm³/mol. The van der Waals surface area contributed by atoms with Crippen LogP contribution in [-0.2, 0) is 13.0 Å². The van der Waals surface area contributed by atoms with Gasteiger partial charge >= 0.3 is 17.1 Å². The molecule has 0 heterocycles. The third kappa shape index (κ3) is 7.42. The first-order valence-electron chi connectivity index (χ1n) is 8.87. The van der Waals surface area contributed by atoms with Gasteiger partial charge in [0.15, 0.2) is 0 Å². The Balaban J connectivity index is 5.50. The molecule has 0 aromatic carbocycles. The van der Waals surface area contributed by atoms with Gasteiger partial charge in [-0.25, -0.2) is 0 Å². The van der Waals surface area contributed by atoms with Crippen LogP contribution < -0.4 is 0 Å². The summed E-state index contributed by atoms with van der Waals surface area (Å²) < 4.78 is 19.5. The van der Waals surface area contributed by atoms with Crippen molar-refractivity contribution < 1.29 is 13.0 Å². The summed E-state index contributed by atoms with van der Waals surface area (Å²) in [6.45, 7) is 14.6. The zero-order valence-electron chi connectivity index (χ0n) is 16.4. The highest BCUT2D eigenvalue weighted by Gasteiger charge is 2.50. The van der Waals surface area contributed by atoms with Crippen molar-refractivity contribution in [3.8, 4) is 0 Å². The van der Waals surface area contributed by atoms with Gasteiger partial charge in [0.05, 0.1) is 0 Å². The van der Waals surface area contributed by atoms with E-state index in [1.165, 1.54) is 6.42 Å². The second kappa shape index (κ2) is 12.4. The molecule has 0 aliphatic carbocycles. The van der Waals surface area contributed by atoms with Gasteiger partial charge in [-0.3, -0.25) is 0 Å². The molecule has 23 heavy (non-hydrogen) atoms. The third-order valence-electron chi connectivity index (χ3n) is 4.29. The Morgan fingerprint density at radius 2 is 1.48 bits per heavy atom. The quantitative estimate of drug-likeness (QED) is 0.363. The molecule has 0 aromatic heterocycles. The van der Waals surface area contributed by atoms with Crippen LogP contribution in [0.2, 0.25) is 18.6 Å². The summed E-state index contributed by atoms with van der Waals surface area (Å²) in [4.78, 5) is 0.464. The molecule has 0 aromatic rings. The van der Waals surface area contributed by atoms with E-state index >= 15 is 0 Å². The van der Waals surface area contributed by atoms with Crippen LogP contribution in [0.3, 0.4) is 0 Å². The van der Waals surface area contributed by atoms with E-state index in [9.17, 15) is 0 Å². The lowest BCUT2D eigenvalue weighted by atomic mass is 10.4. The maximum atomic E-state index is 6.92. The Morgan fingerprint density at radius 3 is 1.87 bits per heavy atom. The van der Waals surface area contributed by atoms with Gasteiger partial charge < -0.3 is 13.0 Å². The molecule has 7 heteroatoms. The van der Waals surface area contributed by atoms with Crippen LogP contribution >= 0.6 is 23.5 Å². The summed E-state index contributed by atoms with van der Waals surface area (Å²) in [5, 5.41) is 0. The lowest BCUT2D eigenvalue weighted by Gasteiger charge is -2.43. The highest BCUT2D eigenvalue weighted by Crippen LogP contribution is 2.37. The maximum absolute atomic E-state index is 6.92. The van der Waals surface area contributed by atoms with Crippen LogP contribution in [-0.4, -0.2) is 53.5 Å². The van der Waals surface area contributed by atoms with Gasteiger partial charge in [0.25, 0.3) is 0 Å². The first-order chi connectivity index (χ1) is 10.9. The van der Waals surface area contributed by atoms with Crippen LogP contribution in [0.15, 0.2) is 0 Å². The van der Waals surface area contributed by atoms with E-state index in [-0.39, 0.29) is 0 Å². The maximum Gasteiger partial charge on any atom is 0.339 e. The minimum Gasteiger partial charge on any atom is -0.414 e. The molecule has 3 nitrogen and oxygen atoms in total. The number of hydrogen-bond acceptors (Lipinski definition) is 5. The van der Waals surface area contributed by atoms with Gasteiger partial charge in [0, 0.05) is 23.6 Å². The zero-order valence-corrected chi connectivity index (χ0v) is 20.1. The Morgan fingerprint density at radius 1 is 0.913 bits per heavy atom. The highest BCUT2D eigenvalue weighted by atomic mass is 32.2. The van der Waals surface area contributed by atoms with Crippen molar-refractivity contribution in [3.05, 3.63) is 0 Å². The minimum absolute atomic E-state index is 0.464. The Hall–Kier alpha value is 1.01. The number of thioether (sulfide) groups is 2. The Bertz CT molecular complexity index is 285. The molecule has 0 N–H and O–H groups in total. The van der Waals surface area contributed by atoms with Crippen molar-refractivity contribution in [3.63, 3.8) is 0 Å². The van der Waals surface area contributed by atoms with E-state index in [1.54, 1.807) is 0 Å². The van der Waals surface area contributed by atoms with Gasteiger partial charge in [-0.05, 0) is 51.6 Å². The largest absolute Gasteiger partial charge is 0.414 e. The summed E-state index contributed by atoms with van der Waals surface area (Å²) in [5.74, 6) is 1.10. The lowest BCUT2D eigenvalue weighted by molar-refractivity contribution is 0.191. The Labute approximate surface area is 155 Å². The first kappa shape index (κ1) is 24.0. The van der Waals surface area contributed by atoms with Crippen molar-refractivity contribution in [2.45, 2.75) is 70.5 Å². The second-order valence-electron chi connectivity index (χ2n) is 6.07. The zero-order chi connectivity index (χ0) is 17.9. The first-order valence-corrected chi connectivity index (χ1v) is 16.3. The SMILES string of the molecule is CCCC(SC)[Si](C)(OCC)O[Si](C)(OCC)C(CC)CSC. The van der Waals surface area contributed by atoms with Crippen molar-refractivity contribution in [2.24, 2.45) is 0 Å². The molecule has 4 unspecified atom stereocenters. The van der Waals surface area contributed by atoms with Crippen molar-refractivity contribution >= 4 is 40.6 Å². The summed E-state index contributed by atoms with van der Waals surface area (Å²) in [5.41, 5.74) is 0.508. The van der Waals surface area contributed by atoms with Gasteiger partial charge in [-0.2, -0.15) is 23.5 Å². The molecule has 0 amide bonds. The van der Waals surface area contributed by atoms with Gasteiger partial charge in [0.1, 0.15) is 0 Å². The molecule has 0 spiro atoms. The molecule has 140 valence electrons. The monoisotopic (exact) mass is 398 g/mol. The average molecular weight is 399 g/mol. The topological polar surface area (TPSA) is 27.7 Å². The van der Waals surface area contributed by atoms with E-state index in [2.05, 4.69) is 53.3 Å². The molecule has 0 radical (unpaired) electrons. The summed E-state index contributed by atoms with van der Waals surface area (Å²) >= 11 is 3.80. The van der Waals surface area contributed by atoms with E-state index in [4.69, 9.17) is 13.0 Å².